The van der Waals surface area contributed by atoms with Crippen molar-refractivity contribution in [2.45, 2.75) is 51.2 Å². The number of fused-ring (bicyclic) bond motifs is 1. The molecule has 1 aliphatic heterocycles. The van der Waals surface area contributed by atoms with Gasteiger partial charge in [-0.25, -0.2) is 4.79 Å². The van der Waals surface area contributed by atoms with Crippen LogP contribution in [0.5, 0.6) is 0 Å². The van der Waals surface area contributed by atoms with E-state index in [1.165, 1.54) is 10.6 Å². The van der Waals surface area contributed by atoms with E-state index < -0.39 is 12.1 Å². The van der Waals surface area contributed by atoms with Crippen LogP contribution in [0.3, 0.4) is 0 Å². The first-order valence-corrected chi connectivity index (χ1v) is 12.2. The Kier molecular flexibility index (Phi) is 7.10. The first-order chi connectivity index (χ1) is 16.8. The Balaban J connectivity index is 1.55. The number of aromatic nitrogens is 1. The van der Waals surface area contributed by atoms with Crippen LogP contribution in [0.2, 0.25) is 0 Å². The number of nitrogens with two attached hydrogens (primary N) is 2. The normalized spacial score (nSPS) is 16.4. The molecule has 184 valence electrons. The molecule has 35 heavy (non-hydrogen) atoms. The lowest BCUT2D eigenvalue weighted by molar-refractivity contribution is -0.136. The number of nitrogens with zero attached hydrogens (tertiary/aromatic N) is 3. The van der Waals surface area contributed by atoms with Gasteiger partial charge in [0, 0.05) is 43.0 Å². The summed E-state index contributed by atoms with van der Waals surface area (Å²) in [5.41, 5.74) is 15.0. The highest BCUT2D eigenvalue weighted by Crippen LogP contribution is 2.30. The molecule has 1 aliphatic rings. The number of nitrogens with one attached hydrogen (secondary N) is 1. The van der Waals surface area contributed by atoms with Gasteiger partial charge in [-0.15, -0.1) is 0 Å². The van der Waals surface area contributed by atoms with Crippen molar-refractivity contribution in [2.75, 3.05) is 13.6 Å². The van der Waals surface area contributed by atoms with Crippen molar-refractivity contribution < 1.29 is 9.59 Å². The van der Waals surface area contributed by atoms with Crippen molar-refractivity contribution >= 4 is 28.7 Å². The Morgan fingerprint density at radius 1 is 1.14 bits per heavy atom. The number of primary amides is 1. The van der Waals surface area contributed by atoms with Gasteiger partial charge in [-0.1, -0.05) is 42.5 Å². The molecule has 0 saturated carbocycles. The van der Waals surface area contributed by atoms with Crippen LogP contribution in [-0.4, -0.2) is 51.8 Å². The molecule has 1 saturated heterocycles. The van der Waals surface area contributed by atoms with Crippen LogP contribution in [-0.2, 0) is 17.8 Å². The van der Waals surface area contributed by atoms with E-state index in [4.69, 9.17) is 16.9 Å². The van der Waals surface area contributed by atoms with Crippen LogP contribution in [0.4, 0.5) is 4.79 Å². The van der Waals surface area contributed by atoms with Gasteiger partial charge in [0.2, 0.25) is 5.91 Å². The smallest absolute Gasteiger partial charge is 0.315 e. The SMILES string of the molecule is CCn1c(CC[C@@H]2CCCN2C(=O)[C@@H](c2ccccc2)N(C)C(N)=O)cc2ccc(C(=N)N)cc21. The number of amidine groups is 1. The number of hydrogen-bond acceptors (Lipinski definition) is 3. The number of amides is 3. The maximum absolute atomic E-state index is 13.7. The highest BCUT2D eigenvalue weighted by molar-refractivity contribution is 5.98. The zero-order valence-corrected chi connectivity index (χ0v) is 20.4. The number of aryl methyl sites for hydroxylation is 2. The summed E-state index contributed by atoms with van der Waals surface area (Å²) in [5.74, 6) is -0.0200. The quantitative estimate of drug-likeness (QED) is 0.341. The number of likely N-dealkylation sites (N-methyl/N-ethyl adjacent to an activating group) is 1. The Hall–Kier alpha value is -3.81. The maximum Gasteiger partial charge on any atom is 0.315 e. The summed E-state index contributed by atoms with van der Waals surface area (Å²) < 4.78 is 2.26. The predicted octanol–water partition coefficient (Wildman–Crippen LogP) is 3.62. The average Bonchev–Trinajstić information content (AvgIpc) is 3.46. The van der Waals surface area contributed by atoms with Crippen LogP contribution < -0.4 is 11.5 Å². The van der Waals surface area contributed by atoms with E-state index in [1.807, 2.05) is 53.4 Å². The molecule has 5 N–H and O–H groups in total. The summed E-state index contributed by atoms with van der Waals surface area (Å²) in [6.45, 7) is 3.60. The number of urea groups is 1. The second-order valence-corrected chi connectivity index (χ2v) is 9.20. The molecule has 0 unspecified atom stereocenters. The summed E-state index contributed by atoms with van der Waals surface area (Å²) in [6, 6.07) is 16.2. The summed E-state index contributed by atoms with van der Waals surface area (Å²) in [5, 5.41) is 8.88. The lowest BCUT2D eigenvalue weighted by atomic mass is 10.0. The molecule has 2 atom stereocenters. The summed E-state index contributed by atoms with van der Waals surface area (Å²) in [6.07, 6.45) is 3.54. The van der Waals surface area contributed by atoms with Crippen molar-refractivity contribution in [1.82, 2.24) is 14.4 Å². The number of carbonyl (C=O) groups is 2. The molecule has 1 aromatic heterocycles. The Bertz CT molecular complexity index is 1240. The summed E-state index contributed by atoms with van der Waals surface area (Å²) in [4.78, 5) is 29.0. The van der Waals surface area contributed by atoms with Gasteiger partial charge < -0.3 is 25.8 Å². The Morgan fingerprint density at radius 3 is 2.54 bits per heavy atom. The number of carbonyl (C=O) groups excluding carboxylic acids is 2. The molecule has 1 fully saturated rings. The van der Waals surface area contributed by atoms with Crippen LogP contribution in [0.1, 0.15) is 49.0 Å². The lowest BCUT2D eigenvalue weighted by Crippen LogP contribution is -2.47. The number of benzene rings is 2. The molecule has 8 nitrogen and oxygen atoms in total. The molecular formula is C27H34N6O2. The molecule has 4 rings (SSSR count). The standard InChI is InChI=1S/C27H34N6O2/c1-3-32-22(16-19-11-12-20(25(28)29)17-23(19)32)14-13-21-10-7-15-33(21)26(34)24(31(2)27(30)35)18-8-5-4-6-9-18/h4-6,8-9,11-12,16-17,21,24H,3,7,10,13-15H2,1-2H3,(H3,28,29)(H2,30,35)/t21-,24+/m0/s1. The van der Waals surface area contributed by atoms with E-state index in [1.54, 1.807) is 7.05 Å². The van der Waals surface area contributed by atoms with Crippen molar-refractivity contribution in [3.63, 3.8) is 0 Å². The third-order valence-electron chi connectivity index (χ3n) is 7.10. The van der Waals surface area contributed by atoms with Crippen LogP contribution in [0, 0.1) is 5.41 Å². The van der Waals surface area contributed by atoms with Gasteiger partial charge in [-0.2, -0.15) is 0 Å². The number of likely N-dealkylation sites (tertiary alicyclic amines) is 1. The average molecular weight is 475 g/mol. The fourth-order valence-corrected chi connectivity index (χ4v) is 5.25. The number of hydrogen-bond donors (Lipinski definition) is 3. The number of rotatable bonds is 8. The van der Waals surface area contributed by atoms with Crippen molar-refractivity contribution in [2.24, 2.45) is 11.5 Å². The molecule has 2 aromatic carbocycles. The minimum atomic E-state index is -0.735. The second kappa shape index (κ2) is 10.2. The molecule has 0 bridgehead atoms. The molecule has 0 aliphatic carbocycles. The zero-order chi connectivity index (χ0) is 25.1. The monoisotopic (exact) mass is 474 g/mol. The highest BCUT2D eigenvalue weighted by Gasteiger charge is 2.36. The molecule has 2 heterocycles. The summed E-state index contributed by atoms with van der Waals surface area (Å²) in [7, 11) is 1.58. The third kappa shape index (κ3) is 4.87. The van der Waals surface area contributed by atoms with E-state index in [2.05, 4.69) is 17.6 Å². The topological polar surface area (TPSA) is 121 Å². The minimum absolute atomic E-state index is 0.0614. The number of nitrogen functional groups attached to an aromatic ring is 1. The Labute approximate surface area is 206 Å². The molecule has 8 heteroatoms. The first kappa shape index (κ1) is 24.3. The largest absolute Gasteiger partial charge is 0.384 e. The molecule has 0 spiro atoms. The predicted molar refractivity (Wildman–Crippen MR) is 138 cm³/mol. The minimum Gasteiger partial charge on any atom is -0.384 e. The van der Waals surface area contributed by atoms with Gasteiger partial charge >= 0.3 is 6.03 Å². The maximum atomic E-state index is 13.7. The molecule has 0 radical (unpaired) electrons. The van der Waals surface area contributed by atoms with E-state index >= 15 is 0 Å². The van der Waals surface area contributed by atoms with Crippen molar-refractivity contribution in [3.8, 4) is 0 Å². The van der Waals surface area contributed by atoms with Crippen molar-refractivity contribution in [3.05, 3.63) is 71.4 Å². The van der Waals surface area contributed by atoms with Gasteiger partial charge in [0.05, 0.1) is 0 Å². The highest BCUT2D eigenvalue weighted by atomic mass is 16.2. The van der Waals surface area contributed by atoms with Gasteiger partial charge in [0.15, 0.2) is 0 Å². The lowest BCUT2D eigenvalue weighted by Gasteiger charge is -2.33. The molecular weight excluding hydrogens is 440 g/mol. The van der Waals surface area contributed by atoms with E-state index in [0.717, 1.165) is 54.3 Å². The first-order valence-electron chi connectivity index (χ1n) is 12.2. The van der Waals surface area contributed by atoms with Gasteiger partial charge in [-0.05, 0) is 55.7 Å². The summed E-state index contributed by atoms with van der Waals surface area (Å²) >= 11 is 0. The second-order valence-electron chi connectivity index (χ2n) is 9.20. The molecule has 3 amide bonds. The van der Waals surface area contributed by atoms with Crippen molar-refractivity contribution in [1.29, 1.82) is 5.41 Å². The fraction of sp³-hybridized carbons (Fsp3) is 0.370. The van der Waals surface area contributed by atoms with Crippen LogP contribution >= 0.6 is 0 Å². The fourth-order valence-electron chi connectivity index (χ4n) is 5.25. The van der Waals surface area contributed by atoms with Gasteiger partial charge in [0.1, 0.15) is 11.9 Å². The van der Waals surface area contributed by atoms with E-state index in [0.29, 0.717) is 6.54 Å². The molecule has 3 aromatic rings. The Morgan fingerprint density at radius 2 is 1.89 bits per heavy atom. The van der Waals surface area contributed by atoms with E-state index in [-0.39, 0.29) is 17.8 Å². The van der Waals surface area contributed by atoms with Crippen LogP contribution in [0.25, 0.3) is 10.9 Å². The third-order valence-corrected chi connectivity index (χ3v) is 7.10. The van der Waals surface area contributed by atoms with Crippen LogP contribution in [0.15, 0.2) is 54.6 Å². The van der Waals surface area contributed by atoms with Gasteiger partial charge in [-0.3, -0.25) is 10.2 Å². The van der Waals surface area contributed by atoms with Gasteiger partial charge in [0.25, 0.3) is 0 Å². The zero-order valence-electron chi connectivity index (χ0n) is 20.4. The van der Waals surface area contributed by atoms with E-state index in [9.17, 15) is 9.59 Å².